The van der Waals surface area contributed by atoms with E-state index in [1.807, 2.05) is 13.8 Å². The Morgan fingerprint density at radius 1 is 1.20 bits per heavy atom. The van der Waals surface area contributed by atoms with Crippen LogP contribution >= 0.6 is 0 Å². The van der Waals surface area contributed by atoms with Crippen LogP contribution in [0.4, 0.5) is 4.39 Å². The lowest BCUT2D eigenvalue weighted by molar-refractivity contribution is 0.0939. The Hall–Kier alpha value is -3.02. The van der Waals surface area contributed by atoms with E-state index in [0.29, 0.717) is 28.4 Å². The lowest BCUT2D eigenvalue weighted by Crippen LogP contribution is -2.31. The van der Waals surface area contributed by atoms with Crippen LogP contribution in [0.2, 0.25) is 0 Å². The van der Waals surface area contributed by atoms with E-state index >= 15 is 0 Å². The number of rotatable bonds is 5. The maximum atomic E-state index is 13.3. The first kappa shape index (κ1) is 16.8. The van der Waals surface area contributed by atoms with Crippen molar-refractivity contribution in [3.05, 3.63) is 59.9 Å². The van der Waals surface area contributed by atoms with Gasteiger partial charge in [0.25, 0.3) is 11.8 Å². The van der Waals surface area contributed by atoms with Crippen LogP contribution in [0.1, 0.15) is 30.6 Å². The Kier molecular flexibility index (Phi) is 4.88. The van der Waals surface area contributed by atoms with E-state index in [0.717, 1.165) is 6.42 Å². The molecule has 2 aromatic carbocycles. The van der Waals surface area contributed by atoms with E-state index in [4.69, 9.17) is 4.52 Å². The standard InChI is InChI=1S/C19H18FN3O2/c1-3-12(2)21-18(24)13-7-9-14(10-8-13)19-22-17(23-25-19)15-5-4-6-16(20)11-15/h4-12H,3H2,1-2H3,(H,21,24)/t12-/m0/s1. The summed E-state index contributed by atoms with van der Waals surface area (Å²) in [5.41, 5.74) is 1.80. The summed E-state index contributed by atoms with van der Waals surface area (Å²) in [4.78, 5) is 16.4. The van der Waals surface area contributed by atoms with Crippen LogP contribution in [0.25, 0.3) is 22.8 Å². The highest BCUT2D eigenvalue weighted by Crippen LogP contribution is 2.23. The molecule has 1 amide bonds. The third-order valence-electron chi connectivity index (χ3n) is 3.89. The number of hydrogen-bond acceptors (Lipinski definition) is 4. The number of halogens is 1. The summed E-state index contributed by atoms with van der Waals surface area (Å²) in [6.07, 6.45) is 0.870. The van der Waals surface area contributed by atoms with Crippen LogP contribution in [0.15, 0.2) is 53.1 Å². The van der Waals surface area contributed by atoms with Crippen molar-refractivity contribution in [2.45, 2.75) is 26.3 Å². The molecule has 0 radical (unpaired) electrons. The first-order chi connectivity index (χ1) is 12.1. The van der Waals surface area contributed by atoms with Crippen molar-refractivity contribution in [1.29, 1.82) is 0 Å². The van der Waals surface area contributed by atoms with E-state index in [2.05, 4.69) is 15.5 Å². The van der Waals surface area contributed by atoms with Gasteiger partial charge in [-0.2, -0.15) is 4.98 Å². The molecule has 0 aliphatic rings. The topological polar surface area (TPSA) is 68.0 Å². The number of amides is 1. The Bertz CT molecular complexity index is 874. The van der Waals surface area contributed by atoms with Gasteiger partial charge in [-0.05, 0) is 49.7 Å². The number of hydrogen-bond donors (Lipinski definition) is 1. The predicted octanol–water partition coefficient (Wildman–Crippen LogP) is 4.07. The molecular formula is C19H18FN3O2. The fourth-order valence-corrected chi connectivity index (χ4v) is 2.26. The first-order valence-corrected chi connectivity index (χ1v) is 8.07. The number of nitrogens with zero attached hydrogens (tertiary/aromatic N) is 2. The molecule has 6 heteroatoms. The Morgan fingerprint density at radius 2 is 1.96 bits per heavy atom. The van der Waals surface area contributed by atoms with Gasteiger partial charge >= 0.3 is 0 Å². The zero-order chi connectivity index (χ0) is 17.8. The SMILES string of the molecule is CC[C@H](C)NC(=O)c1ccc(-c2nc(-c3cccc(F)c3)no2)cc1. The molecule has 1 heterocycles. The van der Waals surface area contributed by atoms with Crippen molar-refractivity contribution >= 4 is 5.91 Å². The average Bonchev–Trinajstić information content (AvgIpc) is 3.12. The fourth-order valence-electron chi connectivity index (χ4n) is 2.26. The quantitative estimate of drug-likeness (QED) is 0.761. The van der Waals surface area contributed by atoms with Crippen molar-refractivity contribution < 1.29 is 13.7 Å². The monoisotopic (exact) mass is 339 g/mol. The summed E-state index contributed by atoms with van der Waals surface area (Å²) in [6.45, 7) is 3.97. The van der Waals surface area contributed by atoms with Crippen LogP contribution in [-0.2, 0) is 0 Å². The maximum Gasteiger partial charge on any atom is 0.258 e. The Morgan fingerprint density at radius 3 is 2.64 bits per heavy atom. The van der Waals surface area contributed by atoms with Gasteiger partial charge < -0.3 is 9.84 Å². The summed E-state index contributed by atoms with van der Waals surface area (Å²) in [7, 11) is 0. The van der Waals surface area contributed by atoms with Gasteiger partial charge in [-0.3, -0.25) is 4.79 Å². The predicted molar refractivity (Wildman–Crippen MR) is 92.3 cm³/mol. The van der Waals surface area contributed by atoms with Crippen LogP contribution in [0.3, 0.4) is 0 Å². The molecule has 3 rings (SSSR count). The minimum absolute atomic E-state index is 0.119. The minimum Gasteiger partial charge on any atom is -0.350 e. The fraction of sp³-hybridized carbons (Fsp3) is 0.211. The normalized spacial score (nSPS) is 12.0. The van der Waals surface area contributed by atoms with Gasteiger partial charge in [0.2, 0.25) is 5.82 Å². The van der Waals surface area contributed by atoms with Gasteiger partial charge in [-0.1, -0.05) is 24.2 Å². The molecule has 25 heavy (non-hydrogen) atoms. The molecule has 0 spiro atoms. The van der Waals surface area contributed by atoms with Gasteiger partial charge in [-0.25, -0.2) is 4.39 Å². The number of carbonyl (C=O) groups excluding carboxylic acids is 1. The molecular weight excluding hydrogens is 321 g/mol. The molecule has 128 valence electrons. The van der Waals surface area contributed by atoms with Crippen molar-refractivity contribution in [1.82, 2.24) is 15.5 Å². The summed E-state index contributed by atoms with van der Waals surface area (Å²) >= 11 is 0. The van der Waals surface area contributed by atoms with E-state index in [1.54, 1.807) is 36.4 Å². The van der Waals surface area contributed by atoms with Gasteiger partial charge in [-0.15, -0.1) is 0 Å². The maximum absolute atomic E-state index is 13.3. The molecule has 0 bridgehead atoms. The van der Waals surface area contributed by atoms with E-state index in [9.17, 15) is 9.18 Å². The molecule has 1 N–H and O–H groups in total. The molecule has 0 aliphatic carbocycles. The molecule has 1 atom stereocenters. The zero-order valence-electron chi connectivity index (χ0n) is 14.0. The van der Waals surface area contributed by atoms with Gasteiger partial charge in [0.1, 0.15) is 5.82 Å². The van der Waals surface area contributed by atoms with Crippen LogP contribution in [-0.4, -0.2) is 22.1 Å². The summed E-state index contributed by atoms with van der Waals surface area (Å²) in [5.74, 6) is 0.147. The molecule has 0 unspecified atom stereocenters. The van der Waals surface area contributed by atoms with E-state index in [-0.39, 0.29) is 17.8 Å². The largest absolute Gasteiger partial charge is 0.350 e. The molecule has 5 nitrogen and oxygen atoms in total. The second-order valence-corrected chi connectivity index (χ2v) is 5.79. The van der Waals surface area contributed by atoms with Gasteiger partial charge in [0.05, 0.1) is 0 Å². The average molecular weight is 339 g/mol. The molecule has 0 fully saturated rings. The molecule has 0 saturated carbocycles. The molecule has 3 aromatic rings. The number of aromatic nitrogens is 2. The van der Waals surface area contributed by atoms with Crippen LogP contribution in [0.5, 0.6) is 0 Å². The highest BCUT2D eigenvalue weighted by molar-refractivity contribution is 5.94. The van der Waals surface area contributed by atoms with Gasteiger partial charge in [0.15, 0.2) is 0 Å². The highest BCUT2D eigenvalue weighted by Gasteiger charge is 2.13. The number of carbonyl (C=O) groups is 1. The van der Waals surface area contributed by atoms with Crippen molar-refractivity contribution in [2.24, 2.45) is 0 Å². The lowest BCUT2D eigenvalue weighted by atomic mass is 10.1. The van der Waals surface area contributed by atoms with Crippen LogP contribution in [0, 0.1) is 5.82 Å². The van der Waals surface area contributed by atoms with Crippen molar-refractivity contribution in [2.75, 3.05) is 0 Å². The summed E-state index contributed by atoms with van der Waals surface area (Å²) in [6, 6.07) is 13.0. The minimum atomic E-state index is -0.361. The summed E-state index contributed by atoms with van der Waals surface area (Å²) in [5, 5.41) is 6.79. The highest BCUT2D eigenvalue weighted by atomic mass is 19.1. The van der Waals surface area contributed by atoms with Crippen molar-refractivity contribution in [3.8, 4) is 22.8 Å². The molecule has 1 aromatic heterocycles. The van der Waals surface area contributed by atoms with E-state index in [1.165, 1.54) is 12.1 Å². The Balaban J connectivity index is 1.78. The van der Waals surface area contributed by atoms with E-state index < -0.39 is 0 Å². The third kappa shape index (κ3) is 3.91. The smallest absolute Gasteiger partial charge is 0.258 e. The number of nitrogens with one attached hydrogen (secondary N) is 1. The van der Waals surface area contributed by atoms with Gasteiger partial charge in [0, 0.05) is 22.7 Å². The number of benzene rings is 2. The Labute approximate surface area is 144 Å². The molecule has 0 saturated heterocycles. The second-order valence-electron chi connectivity index (χ2n) is 5.79. The second kappa shape index (κ2) is 7.25. The summed E-state index contributed by atoms with van der Waals surface area (Å²) < 4.78 is 18.5. The molecule has 0 aliphatic heterocycles. The zero-order valence-corrected chi connectivity index (χ0v) is 14.0. The first-order valence-electron chi connectivity index (χ1n) is 8.07. The lowest BCUT2D eigenvalue weighted by Gasteiger charge is -2.11. The van der Waals surface area contributed by atoms with Crippen LogP contribution < -0.4 is 5.32 Å². The third-order valence-corrected chi connectivity index (χ3v) is 3.89. The van der Waals surface area contributed by atoms with Crippen molar-refractivity contribution in [3.63, 3.8) is 0 Å².